The molecule has 1 aromatic heterocycles. The molecule has 0 aliphatic rings. The average Bonchev–Trinajstić information content (AvgIpc) is 2.98. The zero-order valence-corrected chi connectivity index (χ0v) is 13.4. The molecule has 0 unspecified atom stereocenters. The molecule has 6 heteroatoms. The molecule has 26 heavy (non-hydrogen) atoms. The van der Waals surface area contributed by atoms with Crippen LogP contribution in [-0.2, 0) is 6.54 Å². The van der Waals surface area contributed by atoms with Gasteiger partial charge < -0.3 is 0 Å². The monoisotopic (exact) mass is 356 g/mol. The molecule has 0 spiro atoms. The van der Waals surface area contributed by atoms with Crippen LogP contribution >= 0.6 is 0 Å². The highest BCUT2D eigenvalue weighted by atomic mass is 19.1. The molecule has 0 bridgehead atoms. The van der Waals surface area contributed by atoms with Crippen LogP contribution in [0.4, 0.5) is 17.6 Å². The highest BCUT2D eigenvalue weighted by Gasteiger charge is 2.17. The number of halogens is 4. The van der Waals surface area contributed by atoms with E-state index in [1.54, 1.807) is 24.3 Å². The van der Waals surface area contributed by atoms with Crippen molar-refractivity contribution in [3.05, 3.63) is 89.5 Å². The normalized spacial score (nSPS) is 11.2. The number of fused-ring (bicyclic) bond motifs is 1. The molecule has 4 rings (SSSR count). The summed E-state index contributed by atoms with van der Waals surface area (Å²) in [5.41, 5.74) is 1.49. The van der Waals surface area contributed by atoms with Gasteiger partial charge in [0.1, 0.15) is 23.0 Å². The van der Waals surface area contributed by atoms with Crippen molar-refractivity contribution < 1.29 is 17.6 Å². The fourth-order valence-electron chi connectivity index (χ4n) is 2.96. The van der Waals surface area contributed by atoms with Gasteiger partial charge >= 0.3 is 0 Å². The summed E-state index contributed by atoms with van der Waals surface area (Å²) in [6.45, 7) is -0.0209. The molecule has 4 aromatic rings. The van der Waals surface area contributed by atoms with E-state index in [0.29, 0.717) is 16.6 Å². The fourth-order valence-corrected chi connectivity index (χ4v) is 2.96. The number of nitrogens with zero attached hydrogens (tertiary/aromatic N) is 2. The first-order valence-corrected chi connectivity index (χ1v) is 7.88. The summed E-state index contributed by atoms with van der Waals surface area (Å²) in [4.78, 5) is 0. The largest absolute Gasteiger partial charge is 0.259 e. The molecule has 0 radical (unpaired) electrons. The number of benzene rings is 3. The molecule has 130 valence electrons. The van der Waals surface area contributed by atoms with Crippen molar-refractivity contribution in [1.29, 1.82) is 0 Å². The predicted molar refractivity (Wildman–Crippen MR) is 90.5 cm³/mol. The van der Waals surface area contributed by atoms with E-state index in [1.807, 2.05) is 0 Å². The third-order valence-electron chi connectivity index (χ3n) is 4.17. The van der Waals surface area contributed by atoms with Crippen molar-refractivity contribution in [1.82, 2.24) is 9.78 Å². The lowest BCUT2D eigenvalue weighted by Gasteiger charge is -2.09. The van der Waals surface area contributed by atoms with Gasteiger partial charge in [0.15, 0.2) is 5.82 Å². The molecule has 3 aromatic carbocycles. The third-order valence-corrected chi connectivity index (χ3v) is 4.17. The van der Waals surface area contributed by atoms with E-state index >= 15 is 0 Å². The summed E-state index contributed by atoms with van der Waals surface area (Å²) >= 11 is 0. The lowest BCUT2D eigenvalue weighted by Crippen LogP contribution is -2.06. The molecular weight excluding hydrogens is 344 g/mol. The average molecular weight is 356 g/mol. The number of hydrogen-bond acceptors (Lipinski definition) is 1. The van der Waals surface area contributed by atoms with E-state index in [2.05, 4.69) is 5.10 Å². The van der Waals surface area contributed by atoms with Crippen molar-refractivity contribution in [2.75, 3.05) is 0 Å². The Kier molecular flexibility index (Phi) is 3.95. The van der Waals surface area contributed by atoms with Crippen LogP contribution in [0.2, 0.25) is 0 Å². The second-order valence-corrected chi connectivity index (χ2v) is 5.88. The van der Waals surface area contributed by atoms with E-state index in [1.165, 1.54) is 28.9 Å². The van der Waals surface area contributed by atoms with Crippen molar-refractivity contribution >= 4 is 10.9 Å². The quantitative estimate of drug-likeness (QED) is 0.455. The molecule has 0 aliphatic carbocycles. The molecule has 0 aliphatic heterocycles. The zero-order valence-electron chi connectivity index (χ0n) is 13.4. The highest BCUT2D eigenvalue weighted by Crippen LogP contribution is 2.31. The molecular formula is C20H12F4N2. The van der Waals surface area contributed by atoms with Gasteiger partial charge in [0.25, 0.3) is 0 Å². The predicted octanol–water partition coefficient (Wildman–Crippen LogP) is 5.31. The molecule has 0 amide bonds. The van der Waals surface area contributed by atoms with Gasteiger partial charge in [-0.25, -0.2) is 17.6 Å². The Bertz CT molecular complexity index is 1100. The van der Waals surface area contributed by atoms with Gasteiger partial charge in [0.2, 0.25) is 0 Å². The Morgan fingerprint density at radius 2 is 1.50 bits per heavy atom. The van der Waals surface area contributed by atoms with Crippen molar-refractivity contribution in [3.63, 3.8) is 0 Å². The van der Waals surface area contributed by atoms with E-state index in [4.69, 9.17) is 0 Å². The van der Waals surface area contributed by atoms with E-state index < -0.39 is 23.3 Å². The van der Waals surface area contributed by atoms with Crippen LogP contribution in [0.1, 0.15) is 5.56 Å². The van der Waals surface area contributed by atoms with Gasteiger partial charge in [0, 0.05) is 22.6 Å². The van der Waals surface area contributed by atoms with Crippen LogP contribution in [0.25, 0.3) is 22.2 Å². The third kappa shape index (κ3) is 2.83. The van der Waals surface area contributed by atoms with Crippen LogP contribution in [0.5, 0.6) is 0 Å². The van der Waals surface area contributed by atoms with E-state index in [9.17, 15) is 17.6 Å². The summed E-state index contributed by atoms with van der Waals surface area (Å²) < 4.78 is 56.1. The molecule has 1 heterocycles. The van der Waals surface area contributed by atoms with Crippen molar-refractivity contribution in [3.8, 4) is 11.3 Å². The topological polar surface area (TPSA) is 17.8 Å². The van der Waals surface area contributed by atoms with Crippen LogP contribution in [0.3, 0.4) is 0 Å². The molecule has 0 saturated carbocycles. The molecule has 2 nitrogen and oxygen atoms in total. The Morgan fingerprint density at radius 3 is 2.23 bits per heavy atom. The smallest absolute Gasteiger partial charge is 0.151 e. The van der Waals surface area contributed by atoms with E-state index in [0.717, 1.165) is 12.1 Å². The standard InChI is InChI=1S/C20H12F4N2/c21-14-7-4-12(5-8-14)20-16-2-1-3-17(23)19(16)25-26(20)11-13-6-9-15(22)10-18(13)24/h1-10H,11H2. The minimum atomic E-state index is -0.713. The SMILES string of the molecule is Fc1ccc(-c2c3cccc(F)c3nn2Cc2ccc(F)cc2F)cc1. The summed E-state index contributed by atoms with van der Waals surface area (Å²) in [6, 6.07) is 13.5. The summed E-state index contributed by atoms with van der Waals surface area (Å²) in [7, 11) is 0. The van der Waals surface area contributed by atoms with Crippen LogP contribution in [0.15, 0.2) is 60.7 Å². The molecule has 0 saturated heterocycles. The van der Waals surface area contributed by atoms with Gasteiger partial charge in [-0.2, -0.15) is 5.10 Å². The fraction of sp³-hybridized carbons (Fsp3) is 0.0500. The van der Waals surface area contributed by atoms with E-state index in [-0.39, 0.29) is 17.6 Å². The van der Waals surface area contributed by atoms with Crippen molar-refractivity contribution in [2.24, 2.45) is 0 Å². The second-order valence-electron chi connectivity index (χ2n) is 5.88. The number of hydrogen-bond donors (Lipinski definition) is 0. The Hall–Kier alpha value is -3.15. The van der Waals surface area contributed by atoms with Gasteiger partial charge in [-0.3, -0.25) is 4.68 Å². The van der Waals surface area contributed by atoms with Gasteiger partial charge in [-0.15, -0.1) is 0 Å². The zero-order chi connectivity index (χ0) is 18.3. The minimum absolute atomic E-state index is 0.0209. The van der Waals surface area contributed by atoms with Gasteiger partial charge in [-0.1, -0.05) is 18.2 Å². The first-order valence-electron chi connectivity index (χ1n) is 7.88. The number of aromatic nitrogens is 2. The van der Waals surface area contributed by atoms with Crippen LogP contribution in [-0.4, -0.2) is 9.78 Å². The van der Waals surface area contributed by atoms with Crippen molar-refractivity contribution in [2.45, 2.75) is 6.54 Å². The second kappa shape index (κ2) is 6.29. The minimum Gasteiger partial charge on any atom is -0.259 e. The summed E-state index contributed by atoms with van der Waals surface area (Å²) in [5, 5.41) is 4.78. The number of rotatable bonds is 3. The maximum absolute atomic E-state index is 14.2. The molecule has 0 fully saturated rings. The Morgan fingerprint density at radius 1 is 0.769 bits per heavy atom. The molecule has 0 N–H and O–H groups in total. The first-order chi connectivity index (χ1) is 12.5. The van der Waals surface area contributed by atoms with Crippen LogP contribution in [0, 0.1) is 23.3 Å². The highest BCUT2D eigenvalue weighted by molar-refractivity contribution is 5.93. The van der Waals surface area contributed by atoms with Gasteiger partial charge in [-0.05, 0) is 36.4 Å². The summed E-state index contributed by atoms with van der Waals surface area (Å²) in [5.74, 6) is -2.30. The summed E-state index contributed by atoms with van der Waals surface area (Å²) in [6.07, 6.45) is 0. The van der Waals surface area contributed by atoms with Gasteiger partial charge in [0.05, 0.1) is 12.2 Å². The first kappa shape index (κ1) is 16.3. The van der Waals surface area contributed by atoms with Crippen LogP contribution < -0.4 is 0 Å². The lowest BCUT2D eigenvalue weighted by molar-refractivity contribution is 0.559. The molecule has 0 atom stereocenters. The lowest BCUT2D eigenvalue weighted by atomic mass is 10.1. The maximum Gasteiger partial charge on any atom is 0.151 e. The Labute approximate surface area is 146 Å². The Balaban J connectivity index is 1.92. The maximum atomic E-state index is 14.2.